The summed E-state index contributed by atoms with van der Waals surface area (Å²) in [6, 6.07) is -0.550. The van der Waals surface area contributed by atoms with Gasteiger partial charge in [-0.15, -0.1) is 0 Å². The zero-order chi connectivity index (χ0) is 18.5. The zero-order valence-corrected chi connectivity index (χ0v) is 16.6. The molecule has 4 atom stereocenters. The van der Waals surface area contributed by atoms with E-state index in [0.29, 0.717) is 13.0 Å². The predicted molar refractivity (Wildman–Crippen MR) is 91.9 cm³/mol. The molecule has 0 radical (unpaired) electrons. The van der Waals surface area contributed by atoms with Gasteiger partial charge in [0, 0.05) is 18.9 Å². The number of carbonyl (C=O) groups excluding carboxylic acids is 1. The number of azide groups is 1. The van der Waals surface area contributed by atoms with Crippen LogP contribution in [0.25, 0.3) is 10.4 Å². The number of ether oxygens (including phenoxy) is 3. The van der Waals surface area contributed by atoms with Crippen LogP contribution in [0.4, 0.5) is 0 Å². The predicted octanol–water partition coefficient (Wildman–Crippen LogP) is 3.38. The first-order valence-corrected chi connectivity index (χ1v) is 11.0. The molecule has 0 N–H and O–H groups in total. The van der Waals surface area contributed by atoms with Crippen molar-refractivity contribution in [1.82, 2.24) is 0 Å². The lowest BCUT2D eigenvalue weighted by molar-refractivity contribution is -0.246. The van der Waals surface area contributed by atoms with Crippen molar-refractivity contribution in [2.75, 3.05) is 13.7 Å². The SMILES string of the molecule is CO[C@@H]1O[C@H](CO[Si](C)(C)C(C)(C)C)C[C@H](N=[N+]=[N-])[C@H]1OC(C)=O. The van der Waals surface area contributed by atoms with Crippen LogP contribution in [0, 0.1) is 0 Å². The maximum absolute atomic E-state index is 11.3. The average molecular weight is 359 g/mol. The Labute approximate surface area is 144 Å². The van der Waals surface area contributed by atoms with E-state index in [-0.39, 0.29) is 11.1 Å². The first-order chi connectivity index (χ1) is 11.0. The molecule has 1 rings (SSSR count). The molecule has 1 aliphatic rings. The molecule has 0 spiro atoms. The number of nitrogens with zero attached hydrogens (tertiary/aromatic N) is 3. The summed E-state index contributed by atoms with van der Waals surface area (Å²) in [6.07, 6.45) is -1.42. The van der Waals surface area contributed by atoms with Crippen molar-refractivity contribution in [2.45, 2.75) is 76.8 Å². The Morgan fingerprint density at radius 2 is 2.04 bits per heavy atom. The fraction of sp³-hybridized carbons (Fsp3) is 0.933. The van der Waals surface area contributed by atoms with Gasteiger partial charge in [-0.05, 0) is 30.1 Å². The van der Waals surface area contributed by atoms with Gasteiger partial charge in [0.1, 0.15) is 0 Å². The van der Waals surface area contributed by atoms with Gasteiger partial charge in [-0.25, -0.2) is 0 Å². The zero-order valence-electron chi connectivity index (χ0n) is 15.6. The number of hydrogen-bond acceptors (Lipinski definition) is 6. The van der Waals surface area contributed by atoms with Gasteiger partial charge in [-0.1, -0.05) is 25.9 Å². The standard InChI is InChI=1S/C15H29N3O5Si/c1-10(19)22-13-12(17-18-16)8-11(23-14(13)20-5)9-21-24(6,7)15(2,3)4/h11-14H,8-9H2,1-7H3/t11-,12-,13+,14+/m0/s1. The minimum absolute atomic E-state index is 0.0901. The van der Waals surface area contributed by atoms with Crippen molar-refractivity contribution in [1.29, 1.82) is 0 Å². The van der Waals surface area contributed by atoms with E-state index in [1.807, 2.05) is 0 Å². The van der Waals surface area contributed by atoms with Gasteiger partial charge < -0.3 is 18.6 Å². The lowest BCUT2D eigenvalue weighted by atomic mass is 10.0. The number of esters is 1. The molecule has 0 aromatic heterocycles. The van der Waals surface area contributed by atoms with Crippen molar-refractivity contribution in [2.24, 2.45) is 5.11 Å². The minimum atomic E-state index is -1.91. The topological polar surface area (TPSA) is 103 Å². The molecule has 8 nitrogen and oxygen atoms in total. The number of methoxy groups -OCH3 is 1. The first-order valence-electron chi connectivity index (χ1n) is 8.05. The first kappa shape index (κ1) is 20.9. The maximum atomic E-state index is 11.3. The highest BCUT2D eigenvalue weighted by Gasteiger charge is 2.43. The van der Waals surface area contributed by atoms with Crippen molar-refractivity contribution in [3.63, 3.8) is 0 Å². The van der Waals surface area contributed by atoms with E-state index >= 15 is 0 Å². The van der Waals surface area contributed by atoms with E-state index < -0.39 is 32.7 Å². The highest BCUT2D eigenvalue weighted by atomic mass is 28.4. The molecular formula is C15H29N3O5Si. The normalized spacial score (nSPS) is 28.1. The third-order valence-electron chi connectivity index (χ3n) is 4.65. The molecule has 0 aromatic carbocycles. The third kappa shape index (κ3) is 5.46. The highest BCUT2D eigenvalue weighted by Crippen LogP contribution is 2.37. The van der Waals surface area contributed by atoms with Gasteiger partial charge in [-0.2, -0.15) is 0 Å². The summed E-state index contributed by atoms with van der Waals surface area (Å²) >= 11 is 0. The summed E-state index contributed by atoms with van der Waals surface area (Å²) in [5.74, 6) is -0.472. The molecule has 138 valence electrons. The van der Waals surface area contributed by atoms with E-state index in [1.165, 1.54) is 14.0 Å². The van der Waals surface area contributed by atoms with Gasteiger partial charge >= 0.3 is 5.97 Å². The Morgan fingerprint density at radius 1 is 1.42 bits per heavy atom. The molecular weight excluding hydrogens is 330 g/mol. The smallest absolute Gasteiger partial charge is 0.303 e. The van der Waals surface area contributed by atoms with E-state index in [2.05, 4.69) is 43.9 Å². The van der Waals surface area contributed by atoms with E-state index in [9.17, 15) is 4.79 Å². The van der Waals surface area contributed by atoms with Crippen LogP contribution in [-0.2, 0) is 23.4 Å². The summed E-state index contributed by atoms with van der Waals surface area (Å²) in [5, 5.41) is 3.85. The molecule has 1 aliphatic heterocycles. The monoisotopic (exact) mass is 359 g/mol. The summed E-state index contributed by atoms with van der Waals surface area (Å²) in [6.45, 7) is 12.5. The fourth-order valence-corrected chi connectivity index (χ4v) is 3.26. The number of hydrogen-bond donors (Lipinski definition) is 0. The van der Waals surface area contributed by atoms with Crippen LogP contribution < -0.4 is 0 Å². The van der Waals surface area contributed by atoms with Crippen LogP contribution >= 0.6 is 0 Å². The van der Waals surface area contributed by atoms with Crippen LogP contribution in [0.15, 0.2) is 5.11 Å². The van der Waals surface area contributed by atoms with Crippen LogP contribution in [0.3, 0.4) is 0 Å². The van der Waals surface area contributed by atoms with E-state index in [4.69, 9.17) is 24.2 Å². The number of carbonyl (C=O) groups is 1. The summed E-state index contributed by atoms with van der Waals surface area (Å²) in [5.41, 5.74) is 8.79. The second kappa shape index (κ2) is 8.31. The molecule has 0 saturated carbocycles. The Hall–Kier alpha value is -1.12. The number of rotatable bonds is 6. The summed E-state index contributed by atoms with van der Waals surface area (Å²) in [4.78, 5) is 14.1. The third-order valence-corrected chi connectivity index (χ3v) is 9.15. The van der Waals surface area contributed by atoms with Gasteiger partial charge in [0.25, 0.3) is 0 Å². The molecule has 0 bridgehead atoms. The quantitative estimate of drug-likeness (QED) is 0.238. The van der Waals surface area contributed by atoms with E-state index in [1.54, 1.807) is 0 Å². The van der Waals surface area contributed by atoms with Crippen LogP contribution in [-0.4, -0.2) is 52.5 Å². The summed E-state index contributed by atoms with van der Waals surface area (Å²) in [7, 11) is -0.451. The lowest BCUT2D eigenvalue weighted by Crippen LogP contribution is -2.52. The average Bonchev–Trinajstić information content (AvgIpc) is 2.45. The molecule has 1 heterocycles. The largest absolute Gasteiger partial charge is 0.457 e. The Kier molecular flexibility index (Phi) is 7.24. The van der Waals surface area contributed by atoms with Crippen molar-refractivity contribution in [3.8, 4) is 0 Å². The molecule has 0 aromatic rings. The lowest BCUT2D eigenvalue weighted by Gasteiger charge is -2.41. The minimum Gasteiger partial charge on any atom is -0.457 e. The maximum Gasteiger partial charge on any atom is 0.303 e. The molecule has 9 heteroatoms. The second-order valence-electron chi connectivity index (χ2n) is 7.52. The molecule has 24 heavy (non-hydrogen) atoms. The molecule has 1 fully saturated rings. The molecule has 0 unspecified atom stereocenters. The van der Waals surface area contributed by atoms with E-state index in [0.717, 1.165) is 0 Å². The van der Waals surface area contributed by atoms with Crippen LogP contribution in [0.2, 0.25) is 18.1 Å². The highest BCUT2D eigenvalue weighted by molar-refractivity contribution is 6.74. The van der Waals surface area contributed by atoms with Crippen molar-refractivity contribution < 1.29 is 23.4 Å². The van der Waals surface area contributed by atoms with Gasteiger partial charge in [-0.3, -0.25) is 4.79 Å². The Balaban J connectivity index is 2.82. The van der Waals surface area contributed by atoms with Crippen LogP contribution in [0.1, 0.15) is 34.1 Å². The molecule has 0 aliphatic carbocycles. The van der Waals surface area contributed by atoms with Gasteiger partial charge in [0.15, 0.2) is 20.7 Å². The van der Waals surface area contributed by atoms with Crippen LogP contribution in [0.5, 0.6) is 0 Å². The fourth-order valence-electron chi connectivity index (χ4n) is 2.23. The Morgan fingerprint density at radius 3 is 2.50 bits per heavy atom. The Bertz CT molecular complexity index is 488. The summed E-state index contributed by atoms with van der Waals surface area (Å²) < 4.78 is 22.5. The molecule has 1 saturated heterocycles. The molecule has 0 amide bonds. The van der Waals surface area contributed by atoms with Crippen molar-refractivity contribution >= 4 is 14.3 Å². The van der Waals surface area contributed by atoms with Gasteiger partial charge in [0.2, 0.25) is 0 Å². The van der Waals surface area contributed by atoms with Gasteiger partial charge in [0.05, 0.1) is 18.8 Å². The second-order valence-corrected chi connectivity index (χ2v) is 12.3. The van der Waals surface area contributed by atoms with Crippen molar-refractivity contribution in [3.05, 3.63) is 10.4 Å².